The number of hydrogen-bond donors (Lipinski definition) is 1. The summed E-state index contributed by atoms with van der Waals surface area (Å²) in [4.78, 5) is 0. The molecule has 2 N–H and O–H groups in total. The van der Waals surface area contributed by atoms with E-state index in [1.54, 1.807) is 7.11 Å². The molecule has 0 aliphatic heterocycles. The summed E-state index contributed by atoms with van der Waals surface area (Å²) in [6, 6.07) is 4.30. The highest BCUT2D eigenvalue weighted by molar-refractivity contribution is 5.53. The minimum atomic E-state index is 0.131. The standard InChI is InChI=1S/C13H19NO/c1-8-5-6-10(15-4)12-11(8)9(14)7-13(12,2)3/h5-6,9H,7,14H2,1-4H3/t9-/m0/s1. The van der Waals surface area contributed by atoms with Gasteiger partial charge in [0.25, 0.3) is 0 Å². The van der Waals surface area contributed by atoms with Gasteiger partial charge in [-0.2, -0.15) is 0 Å². The summed E-state index contributed by atoms with van der Waals surface area (Å²) in [6.45, 7) is 6.60. The van der Waals surface area contributed by atoms with Gasteiger partial charge in [-0.3, -0.25) is 0 Å². The Morgan fingerprint density at radius 3 is 2.67 bits per heavy atom. The molecular weight excluding hydrogens is 186 g/mol. The third-order valence-electron chi connectivity index (χ3n) is 3.42. The molecule has 0 saturated carbocycles. The molecule has 0 bridgehead atoms. The Morgan fingerprint density at radius 1 is 1.40 bits per heavy atom. The van der Waals surface area contributed by atoms with Crippen molar-refractivity contribution in [1.29, 1.82) is 0 Å². The monoisotopic (exact) mass is 205 g/mol. The minimum Gasteiger partial charge on any atom is -0.496 e. The van der Waals surface area contributed by atoms with E-state index in [2.05, 4.69) is 26.8 Å². The van der Waals surface area contributed by atoms with E-state index in [-0.39, 0.29) is 11.5 Å². The summed E-state index contributed by atoms with van der Waals surface area (Å²) in [5.41, 5.74) is 10.2. The van der Waals surface area contributed by atoms with Crippen LogP contribution in [0, 0.1) is 6.92 Å². The Labute approximate surface area is 91.4 Å². The molecule has 1 aromatic rings. The van der Waals surface area contributed by atoms with Gasteiger partial charge >= 0.3 is 0 Å². The lowest BCUT2D eigenvalue weighted by Gasteiger charge is -2.21. The maximum Gasteiger partial charge on any atom is 0.122 e. The minimum absolute atomic E-state index is 0.131. The van der Waals surface area contributed by atoms with Crippen LogP contribution >= 0.6 is 0 Å². The topological polar surface area (TPSA) is 35.2 Å². The van der Waals surface area contributed by atoms with Crippen LogP contribution in [0.25, 0.3) is 0 Å². The molecule has 2 nitrogen and oxygen atoms in total. The molecule has 1 aliphatic carbocycles. The van der Waals surface area contributed by atoms with Crippen LogP contribution in [0.15, 0.2) is 12.1 Å². The molecule has 0 heterocycles. The fraction of sp³-hybridized carbons (Fsp3) is 0.538. The van der Waals surface area contributed by atoms with Crippen LogP contribution < -0.4 is 10.5 Å². The maximum atomic E-state index is 6.19. The summed E-state index contributed by atoms with van der Waals surface area (Å²) < 4.78 is 5.44. The van der Waals surface area contributed by atoms with Crippen LogP contribution in [0.4, 0.5) is 0 Å². The van der Waals surface area contributed by atoms with Crippen LogP contribution in [0.2, 0.25) is 0 Å². The number of fused-ring (bicyclic) bond motifs is 1. The van der Waals surface area contributed by atoms with Crippen molar-refractivity contribution in [3.05, 3.63) is 28.8 Å². The summed E-state index contributed by atoms with van der Waals surface area (Å²) in [7, 11) is 1.73. The molecule has 15 heavy (non-hydrogen) atoms. The third-order valence-corrected chi connectivity index (χ3v) is 3.42. The van der Waals surface area contributed by atoms with Gasteiger partial charge in [-0.1, -0.05) is 19.9 Å². The van der Waals surface area contributed by atoms with Crippen molar-refractivity contribution in [3.8, 4) is 5.75 Å². The summed E-state index contributed by atoms with van der Waals surface area (Å²) in [5.74, 6) is 0.980. The van der Waals surface area contributed by atoms with Crippen LogP contribution in [0.1, 0.15) is 43.0 Å². The Balaban J connectivity index is 2.71. The van der Waals surface area contributed by atoms with E-state index >= 15 is 0 Å². The zero-order valence-corrected chi connectivity index (χ0v) is 9.92. The lowest BCUT2D eigenvalue weighted by molar-refractivity contribution is 0.392. The Bertz CT molecular complexity index is 396. The molecule has 0 fully saturated rings. The van der Waals surface area contributed by atoms with E-state index in [0.717, 1.165) is 12.2 Å². The maximum absolute atomic E-state index is 6.19. The molecule has 1 aliphatic rings. The number of rotatable bonds is 1. The average Bonchev–Trinajstić information content (AvgIpc) is 2.39. The zero-order chi connectivity index (χ0) is 11.2. The van der Waals surface area contributed by atoms with Gasteiger partial charge in [0.05, 0.1) is 7.11 Å². The highest BCUT2D eigenvalue weighted by Crippen LogP contribution is 2.48. The van der Waals surface area contributed by atoms with Gasteiger partial charge in [0, 0.05) is 11.6 Å². The number of aryl methyl sites for hydroxylation is 1. The summed E-state index contributed by atoms with van der Waals surface area (Å²) in [5, 5.41) is 0. The SMILES string of the molecule is COc1ccc(C)c2c1C(C)(C)C[C@@H]2N. The second-order valence-electron chi connectivity index (χ2n) is 5.07. The molecular formula is C13H19NO. The van der Waals surface area contributed by atoms with Crippen molar-refractivity contribution >= 4 is 0 Å². The first-order valence-corrected chi connectivity index (χ1v) is 5.41. The Morgan fingerprint density at radius 2 is 2.07 bits per heavy atom. The average molecular weight is 205 g/mol. The Hall–Kier alpha value is -1.02. The van der Waals surface area contributed by atoms with Gasteiger partial charge in [-0.25, -0.2) is 0 Å². The van der Waals surface area contributed by atoms with Gasteiger partial charge in [0.15, 0.2) is 0 Å². The molecule has 82 valence electrons. The molecule has 1 aromatic carbocycles. The molecule has 0 saturated heterocycles. The van der Waals surface area contributed by atoms with E-state index in [1.165, 1.54) is 16.7 Å². The van der Waals surface area contributed by atoms with Gasteiger partial charge in [0.2, 0.25) is 0 Å². The Kier molecular flexibility index (Phi) is 2.27. The highest BCUT2D eigenvalue weighted by Gasteiger charge is 2.38. The van der Waals surface area contributed by atoms with Gasteiger partial charge in [-0.15, -0.1) is 0 Å². The van der Waals surface area contributed by atoms with Crippen molar-refractivity contribution in [3.63, 3.8) is 0 Å². The first-order valence-electron chi connectivity index (χ1n) is 5.41. The van der Waals surface area contributed by atoms with Crippen molar-refractivity contribution in [2.45, 2.75) is 38.6 Å². The van der Waals surface area contributed by atoms with Crippen LogP contribution in [-0.4, -0.2) is 7.11 Å². The van der Waals surface area contributed by atoms with Crippen molar-refractivity contribution < 1.29 is 4.74 Å². The van der Waals surface area contributed by atoms with Crippen LogP contribution in [0.5, 0.6) is 5.75 Å². The molecule has 0 amide bonds. The van der Waals surface area contributed by atoms with Gasteiger partial charge in [0.1, 0.15) is 5.75 Å². The normalized spacial score (nSPS) is 22.6. The predicted octanol–water partition coefficient (Wildman–Crippen LogP) is 2.68. The quantitative estimate of drug-likeness (QED) is 0.765. The van der Waals surface area contributed by atoms with Gasteiger partial charge < -0.3 is 10.5 Å². The number of ether oxygens (including phenoxy) is 1. The number of hydrogen-bond acceptors (Lipinski definition) is 2. The molecule has 0 spiro atoms. The second kappa shape index (κ2) is 3.24. The first kappa shape index (κ1) is 10.5. The smallest absolute Gasteiger partial charge is 0.122 e. The van der Waals surface area contributed by atoms with Gasteiger partial charge in [-0.05, 0) is 36.0 Å². The van der Waals surface area contributed by atoms with Crippen LogP contribution in [0.3, 0.4) is 0 Å². The molecule has 2 heteroatoms. The van der Waals surface area contributed by atoms with E-state index < -0.39 is 0 Å². The second-order valence-corrected chi connectivity index (χ2v) is 5.07. The summed E-state index contributed by atoms with van der Waals surface area (Å²) >= 11 is 0. The molecule has 1 atom stereocenters. The van der Waals surface area contributed by atoms with E-state index in [4.69, 9.17) is 10.5 Å². The fourth-order valence-electron chi connectivity index (χ4n) is 2.80. The lowest BCUT2D eigenvalue weighted by Crippen LogP contribution is -2.15. The molecule has 0 aromatic heterocycles. The third kappa shape index (κ3) is 1.44. The summed E-state index contributed by atoms with van der Waals surface area (Å²) in [6.07, 6.45) is 1.00. The highest BCUT2D eigenvalue weighted by atomic mass is 16.5. The van der Waals surface area contributed by atoms with E-state index in [9.17, 15) is 0 Å². The fourth-order valence-corrected chi connectivity index (χ4v) is 2.80. The number of benzene rings is 1. The molecule has 0 unspecified atom stereocenters. The predicted molar refractivity (Wildman–Crippen MR) is 62.3 cm³/mol. The molecule has 2 rings (SSSR count). The largest absolute Gasteiger partial charge is 0.496 e. The van der Waals surface area contributed by atoms with Crippen molar-refractivity contribution in [1.82, 2.24) is 0 Å². The van der Waals surface area contributed by atoms with Crippen molar-refractivity contribution in [2.75, 3.05) is 7.11 Å². The van der Waals surface area contributed by atoms with E-state index in [1.807, 2.05) is 6.07 Å². The van der Waals surface area contributed by atoms with E-state index in [0.29, 0.717) is 0 Å². The zero-order valence-electron chi connectivity index (χ0n) is 9.92. The molecule has 0 radical (unpaired) electrons. The number of nitrogens with two attached hydrogens (primary N) is 1. The van der Waals surface area contributed by atoms with Crippen molar-refractivity contribution in [2.24, 2.45) is 5.73 Å². The van der Waals surface area contributed by atoms with Crippen LogP contribution in [-0.2, 0) is 5.41 Å². The lowest BCUT2D eigenvalue weighted by atomic mass is 9.85. The number of methoxy groups -OCH3 is 1. The first-order chi connectivity index (χ1) is 6.97.